The minimum atomic E-state index is -2.17. The van der Waals surface area contributed by atoms with E-state index in [1.165, 1.54) is 19.1 Å². The molecule has 2 aromatic carbocycles. The number of hydrogen-bond donors (Lipinski definition) is 1. The highest BCUT2D eigenvalue weighted by Crippen LogP contribution is 2.55. The summed E-state index contributed by atoms with van der Waals surface area (Å²) in [4.78, 5) is 43.9. The van der Waals surface area contributed by atoms with E-state index in [0.29, 0.717) is 0 Å². The van der Waals surface area contributed by atoms with Gasteiger partial charge in [0.2, 0.25) is 5.72 Å². The van der Waals surface area contributed by atoms with Crippen LogP contribution < -0.4 is 0 Å². The highest BCUT2D eigenvalue weighted by molar-refractivity contribution is 6.17. The van der Waals surface area contributed by atoms with Gasteiger partial charge < -0.3 is 5.11 Å². The number of rotatable bonds is 3. The lowest BCUT2D eigenvalue weighted by molar-refractivity contribution is -0.208. The molecule has 0 radical (unpaired) electrons. The molecule has 1 saturated heterocycles. The number of benzene rings is 2. The predicted molar refractivity (Wildman–Crippen MR) is 86.3 cm³/mol. The molecule has 25 heavy (non-hydrogen) atoms. The maximum absolute atomic E-state index is 13.3. The lowest BCUT2D eigenvalue weighted by atomic mass is 9.68. The van der Waals surface area contributed by atoms with Gasteiger partial charge in [-0.3, -0.25) is 19.2 Å². The van der Waals surface area contributed by atoms with Gasteiger partial charge in [-0.1, -0.05) is 48.5 Å². The van der Waals surface area contributed by atoms with Crippen molar-refractivity contribution in [2.24, 2.45) is 5.41 Å². The van der Waals surface area contributed by atoms with Gasteiger partial charge in [-0.25, -0.2) is 0 Å². The number of carbonyl (C=O) groups is 3. The van der Waals surface area contributed by atoms with Gasteiger partial charge in [0.25, 0.3) is 5.91 Å². The molecule has 4 rings (SSSR count). The monoisotopic (exact) mass is 337 g/mol. The van der Waals surface area contributed by atoms with Gasteiger partial charge in [0.1, 0.15) is 6.61 Å². The van der Waals surface area contributed by atoms with Crippen LogP contribution in [0.1, 0.15) is 33.2 Å². The van der Waals surface area contributed by atoms with E-state index in [1.54, 1.807) is 42.5 Å². The number of amides is 1. The van der Waals surface area contributed by atoms with Gasteiger partial charge in [-0.15, -0.1) is 0 Å². The third-order valence-corrected chi connectivity index (χ3v) is 5.04. The Labute approximate surface area is 143 Å². The van der Waals surface area contributed by atoms with Crippen LogP contribution in [0, 0.1) is 5.41 Å². The molecule has 2 aromatic rings. The fourth-order valence-electron chi connectivity index (χ4n) is 3.72. The number of Topliss-reactive ketones (excluding diaryl/α,β-unsaturated/α-hetero) is 2. The van der Waals surface area contributed by atoms with E-state index >= 15 is 0 Å². The average molecular weight is 337 g/mol. The van der Waals surface area contributed by atoms with E-state index in [1.807, 2.05) is 0 Å². The fourth-order valence-corrected chi connectivity index (χ4v) is 3.72. The fraction of sp³-hybridized carbons (Fsp3) is 0.211. The van der Waals surface area contributed by atoms with Crippen molar-refractivity contribution in [1.82, 2.24) is 5.06 Å². The standard InChI is InChI=1S/C19H15NO5/c1-12(21)18(16(22)13-7-3-2-4-8-13)11-25-20-17(23)14-9-5-6-10-15(14)19(18,20)24/h2-10,24H,11H2,1H3. The number of ketones is 2. The summed E-state index contributed by atoms with van der Waals surface area (Å²) in [5.74, 6) is -1.70. The van der Waals surface area contributed by atoms with E-state index in [0.717, 1.165) is 5.06 Å². The first-order chi connectivity index (χ1) is 11.9. The normalized spacial score (nSPS) is 27.1. The van der Waals surface area contributed by atoms with Crippen molar-refractivity contribution >= 4 is 17.5 Å². The van der Waals surface area contributed by atoms with E-state index in [2.05, 4.69) is 0 Å². The molecule has 2 aliphatic rings. The van der Waals surface area contributed by atoms with Gasteiger partial charge in [-0.2, -0.15) is 5.06 Å². The number of hydroxylamine groups is 2. The SMILES string of the molecule is CC(=O)C1(C(=O)c2ccccc2)CON2C(=O)c3ccccc3C21O. The van der Waals surface area contributed by atoms with Crippen LogP contribution in [0.5, 0.6) is 0 Å². The highest BCUT2D eigenvalue weighted by Gasteiger charge is 2.73. The Balaban J connectivity index is 1.98. The topological polar surface area (TPSA) is 83.9 Å². The number of carbonyl (C=O) groups excluding carboxylic acids is 3. The van der Waals surface area contributed by atoms with Crippen LogP contribution in [-0.4, -0.2) is 34.3 Å². The first kappa shape index (κ1) is 15.7. The molecule has 1 amide bonds. The summed E-state index contributed by atoms with van der Waals surface area (Å²) in [6.45, 7) is 0.837. The minimum Gasteiger partial charge on any atom is -0.364 e. The van der Waals surface area contributed by atoms with E-state index in [9.17, 15) is 19.5 Å². The molecule has 6 heteroatoms. The third kappa shape index (κ3) is 1.72. The number of fused-ring (bicyclic) bond motifs is 3. The molecule has 0 bridgehead atoms. The maximum Gasteiger partial charge on any atom is 0.280 e. The van der Waals surface area contributed by atoms with Crippen molar-refractivity contribution < 1.29 is 24.3 Å². The Morgan fingerprint density at radius 2 is 1.72 bits per heavy atom. The quantitative estimate of drug-likeness (QED) is 0.681. The summed E-state index contributed by atoms with van der Waals surface area (Å²) in [5.41, 5.74) is -3.39. The molecule has 0 spiro atoms. The Bertz CT molecular complexity index is 909. The van der Waals surface area contributed by atoms with E-state index in [-0.39, 0.29) is 16.7 Å². The zero-order chi connectivity index (χ0) is 17.8. The molecule has 2 unspecified atom stereocenters. The first-order valence-electron chi connectivity index (χ1n) is 7.85. The van der Waals surface area contributed by atoms with Crippen LogP contribution in [0.2, 0.25) is 0 Å². The molecule has 6 nitrogen and oxygen atoms in total. The lowest BCUT2D eigenvalue weighted by Gasteiger charge is -2.37. The van der Waals surface area contributed by atoms with Gasteiger partial charge in [0, 0.05) is 16.7 Å². The second-order valence-corrected chi connectivity index (χ2v) is 6.25. The molecule has 126 valence electrons. The largest absolute Gasteiger partial charge is 0.364 e. The Morgan fingerprint density at radius 3 is 2.40 bits per heavy atom. The van der Waals surface area contributed by atoms with Gasteiger partial charge in [-0.05, 0) is 13.0 Å². The zero-order valence-corrected chi connectivity index (χ0v) is 13.4. The molecule has 0 saturated carbocycles. The molecule has 0 aromatic heterocycles. The van der Waals surface area contributed by atoms with Gasteiger partial charge in [0.15, 0.2) is 17.0 Å². The zero-order valence-electron chi connectivity index (χ0n) is 13.4. The smallest absolute Gasteiger partial charge is 0.280 e. The van der Waals surface area contributed by atoms with E-state index < -0.39 is 35.2 Å². The van der Waals surface area contributed by atoms with Crippen molar-refractivity contribution in [2.45, 2.75) is 12.6 Å². The third-order valence-electron chi connectivity index (χ3n) is 5.04. The highest BCUT2D eigenvalue weighted by atomic mass is 16.7. The van der Waals surface area contributed by atoms with Crippen LogP contribution >= 0.6 is 0 Å². The van der Waals surface area contributed by atoms with E-state index in [4.69, 9.17) is 4.84 Å². The molecular formula is C19H15NO5. The van der Waals surface area contributed by atoms with Crippen molar-refractivity contribution in [3.8, 4) is 0 Å². The van der Waals surface area contributed by atoms with Crippen LogP contribution in [0.4, 0.5) is 0 Å². The number of hydrogen-bond acceptors (Lipinski definition) is 5. The Kier molecular flexibility index (Phi) is 3.19. The number of aliphatic hydroxyl groups is 1. The molecule has 2 aliphatic heterocycles. The van der Waals surface area contributed by atoms with Crippen LogP contribution in [0.15, 0.2) is 54.6 Å². The first-order valence-corrected chi connectivity index (χ1v) is 7.85. The molecule has 2 heterocycles. The maximum atomic E-state index is 13.3. The minimum absolute atomic E-state index is 0.206. The van der Waals surface area contributed by atoms with Crippen molar-refractivity contribution in [1.29, 1.82) is 0 Å². The van der Waals surface area contributed by atoms with Crippen LogP contribution in [0.25, 0.3) is 0 Å². The molecule has 1 N–H and O–H groups in total. The number of nitrogens with zero attached hydrogens (tertiary/aromatic N) is 1. The summed E-state index contributed by atoms with van der Waals surface area (Å²) in [6.07, 6.45) is 0. The van der Waals surface area contributed by atoms with Crippen LogP contribution in [0.3, 0.4) is 0 Å². The summed E-state index contributed by atoms with van der Waals surface area (Å²) < 4.78 is 0. The molecule has 2 atom stereocenters. The lowest BCUT2D eigenvalue weighted by Crippen LogP contribution is -2.57. The molecule has 0 aliphatic carbocycles. The second kappa shape index (κ2) is 5.08. The Hall–Kier alpha value is -2.83. The summed E-state index contributed by atoms with van der Waals surface area (Å²) in [5, 5.41) is 12.3. The van der Waals surface area contributed by atoms with Gasteiger partial charge >= 0.3 is 0 Å². The molecule has 1 fully saturated rings. The predicted octanol–water partition coefficient (Wildman–Crippen LogP) is 1.69. The van der Waals surface area contributed by atoms with Crippen LogP contribution in [-0.2, 0) is 15.4 Å². The van der Waals surface area contributed by atoms with Crippen molar-refractivity contribution in [2.75, 3.05) is 6.61 Å². The summed E-state index contributed by atoms with van der Waals surface area (Å²) in [7, 11) is 0. The van der Waals surface area contributed by atoms with Crippen molar-refractivity contribution in [3.05, 3.63) is 71.3 Å². The second-order valence-electron chi connectivity index (χ2n) is 6.25. The summed E-state index contributed by atoms with van der Waals surface area (Å²) in [6, 6.07) is 14.6. The Morgan fingerprint density at radius 1 is 1.08 bits per heavy atom. The van der Waals surface area contributed by atoms with Gasteiger partial charge in [0.05, 0.1) is 0 Å². The van der Waals surface area contributed by atoms with Crippen molar-refractivity contribution in [3.63, 3.8) is 0 Å². The average Bonchev–Trinajstić information content (AvgIpc) is 3.06. The molecular weight excluding hydrogens is 322 g/mol. The summed E-state index contributed by atoms with van der Waals surface area (Å²) >= 11 is 0.